The largest absolute Gasteiger partial charge is 0.466 e. The Labute approximate surface area is 498 Å². The van der Waals surface area contributed by atoms with Crippen LogP contribution in [-0.2, 0) is 47.5 Å². The maximum atomic E-state index is 13.2. The van der Waals surface area contributed by atoms with Crippen molar-refractivity contribution >= 4 is 17.9 Å². The lowest BCUT2D eigenvalue weighted by Gasteiger charge is -2.58. The fraction of sp³-hybridized carbons (Fsp3) is 0.957. The SMILES string of the molecule is CC.CCC.CCC.CCC.CCCCCCCCOC(CCC(=O)OCCC12CC(CC(C)(CCOC(=O)CCCN(CC)CC)C1)CC(C)(CCOC(=O)CCC(OCCCCCCCC)OCCCCCCCC)C2)OC. The smallest absolute Gasteiger partial charge is 0.305 e. The quantitative estimate of drug-likeness (QED) is 0.0251. The van der Waals surface area contributed by atoms with Gasteiger partial charge in [-0.2, -0.15) is 0 Å². The van der Waals surface area contributed by atoms with Crippen molar-refractivity contribution in [2.24, 2.45) is 22.2 Å². The normalized spacial score (nSPS) is 19.5. The molecule has 0 heterocycles. The Kier molecular flexibility index (Phi) is 59.4. The summed E-state index contributed by atoms with van der Waals surface area (Å²) in [6.07, 6.45) is 34.9. The molecule has 2 aliphatic carbocycles. The van der Waals surface area contributed by atoms with E-state index in [0.717, 1.165) is 116 Å². The molecule has 0 aromatic rings. The van der Waals surface area contributed by atoms with E-state index in [1.165, 1.54) is 96.3 Å². The van der Waals surface area contributed by atoms with Gasteiger partial charge in [0.25, 0.3) is 0 Å². The number of unbranched alkanes of at least 4 members (excludes halogenated alkanes) is 15. The molecule has 5 atom stereocenters. The fourth-order valence-electron chi connectivity index (χ4n) is 11.7. The van der Waals surface area contributed by atoms with Gasteiger partial charge in [-0.25, -0.2) is 0 Å². The van der Waals surface area contributed by atoms with Crippen LogP contribution in [0.15, 0.2) is 0 Å². The van der Waals surface area contributed by atoms with Gasteiger partial charge in [0.1, 0.15) is 0 Å². The number of nitrogens with zero attached hydrogens (tertiary/aromatic N) is 1. The van der Waals surface area contributed by atoms with E-state index in [1.807, 2.05) is 13.8 Å². The lowest BCUT2D eigenvalue weighted by molar-refractivity contribution is -0.160. The van der Waals surface area contributed by atoms with Crippen molar-refractivity contribution in [1.29, 1.82) is 0 Å². The van der Waals surface area contributed by atoms with Crippen molar-refractivity contribution in [3.05, 3.63) is 0 Å². The van der Waals surface area contributed by atoms with Gasteiger partial charge >= 0.3 is 17.9 Å². The summed E-state index contributed by atoms with van der Waals surface area (Å²) in [4.78, 5) is 41.5. The van der Waals surface area contributed by atoms with Gasteiger partial charge in [0.05, 0.1) is 32.7 Å². The minimum absolute atomic E-state index is 0.00599. The van der Waals surface area contributed by atoms with Gasteiger partial charge < -0.3 is 38.1 Å². The van der Waals surface area contributed by atoms with E-state index in [1.54, 1.807) is 7.11 Å². The number of esters is 3. The Hall–Kier alpha value is -1.79. The highest BCUT2D eigenvalue weighted by molar-refractivity contribution is 5.70. The molecule has 2 fully saturated rings. The molecule has 2 rings (SSSR count). The Morgan fingerprint density at radius 2 is 0.775 bits per heavy atom. The summed E-state index contributed by atoms with van der Waals surface area (Å²) in [6, 6.07) is 0. The zero-order chi connectivity index (χ0) is 60.6. The number of methoxy groups -OCH3 is 1. The molecule has 11 nitrogen and oxygen atoms in total. The molecule has 5 unspecified atom stereocenters. The van der Waals surface area contributed by atoms with Crippen LogP contribution >= 0.6 is 0 Å². The summed E-state index contributed by atoms with van der Waals surface area (Å²) in [5.41, 5.74) is -0.0497. The molecule has 0 amide bonds. The van der Waals surface area contributed by atoms with Gasteiger partial charge in [-0.05, 0) is 119 Å². The molecule has 0 saturated heterocycles. The van der Waals surface area contributed by atoms with Crippen molar-refractivity contribution < 1.29 is 47.5 Å². The number of carbonyl (C=O) groups excluding carboxylic acids is 3. The highest BCUT2D eigenvalue weighted by atomic mass is 16.7. The first-order valence-electron chi connectivity index (χ1n) is 34.2. The van der Waals surface area contributed by atoms with Crippen molar-refractivity contribution in [2.45, 2.75) is 341 Å². The predicted molar refractivity (Wildman–Crippen MR) is 339 cm³/mol. The van der Waals surface area contributed by atoms with Gasteiger partial charge in [-0.3, -0.25) is 14.4 Å². The fourth-order valence-corrected chi connectivity index (χ4v) is 11.7. The maximum Gasteiger partial charge on any atom is 0.305 e. The lowest BCUT2D eigenvalue weighted by Crippen LogP contribution is -2.48. The molecule has 2 aliphatic rings. The second kappa shape index (κ2) is 57.6. The van der Waals surface area contributed by atoms with Crippen LogP contribution in [-0.4, -0.2) is 102 Å². The number of rotatable bonds is 46. The minimum Gasteiger partial charge on any atom is -0.466 e. The van der Waals surface area contributed by atoms with Crippen LogP contribution in [0.5, 0.6) is 0 Å². The van der Waals surface area contributed by atoms with Crippen LogP contribution < -0.4 is 0 Å². The molecule has 0 radical (unpaired) electrons. The molecule has 0 aromatic carbocycles. The van der Waals surface area contributed by atoms with E-state index in [9.17, 15) is 14.4 Å². The van der Waals surface area contributed by atoms with Gasteiger partial charge in [0.2, 0.25) is 0 Å². The van der Waals surface area contributed by atoms with Gasteiger partial charge in [-0.1, -0.05) is 219 Å². The highest BCUT2D eigenvalue weighted by Gasteiger charge is 2.53. The summed E-state index contributed by atoms with van der Waals surface area (Å²) in [5, 5.41) is 0. The second-order valence-electron chi connectivity index (χ2n) is 24.2. The van der Waals surface area contributed by atoms with E-state index in [0.29, 0.717) is 64.8 Å². The van der Waals surface area contributed by atoms with E-state index in [2.05, 4.69) is 94.9 Å². The van der Waals surface area contributed by atoms with E-state index in [-0.39, 0.29) is 53.3 Å². The van der Waals surface area contributed by atoms with Gasteiger partial charge in [0, 0.05) is 46.2 Å². The van der Waals surface area contributed by atoms with Crippen LogP contribution in [0.1, 0.15) is 329 Å². The first-order valence-corrected chi connectivity index (χ1v) is 34.2. The number of carbonyl (C=O) groups is 3. The summed E-state index contributed by atoms with van der Waals surface area (Å²) in [5.74, 6) is -0.0246. The Bertz CT molecular complexity index is 1320. The zero-order valence-corrected chi connectivity index (χ0v) is 56.4. The summed E-state index contributed by atoms with van der Waals surface area (Å²) < 4.78 is 41.7. The van der Waals surface area contributed by atoms with E-state index in [4.69, 9.17) is 33.2 Å². The molecule has 11 heteroatoms. The monoisotopic (exact) mass is 1140 g/mol. The zero-order valence-electron chi connectivity index (χ0n) is 56.4. The Morgan fingerprint density at radius 3 is 1.15 bits per heavy atom. The summed E-state index contributed by atoms with van der Waals surface area (Å²) in [6.45, 7) is 38.5. The average molecular weight is 1140 g/mol. The Morgan fingerprint density at radius 1 is 0.438 bits per heavy atom. The number of fused-ring (bicyclic) bond motifs is 2. The highest BCUT2D eigenvalue weighted by Crippen LogP contribution is 2.63. The van der Waals surface area contributed by atoms with Crippen LogP contribution in [0.2, 0.25) is 0 Å². The molecule has 0 aliphatic heterocycles. The second-order valence-corrected chi connectivity index (χ2v) is 24.2. The van der Waals surface area contributed by atoms with Crippen LogP contribution in [0.25, 0.3) is 0 Å². The third-order valence-electron chi connectivity index (χ3n) is 15.3. The summed E-state index contributed by atoms with van der Waals surface area (Å²) in [7, 11) is 1.64. The number of ether oxygens (including phenoxy) is 7. The standard InChI is InChI=1S/C58H109NO10.3C3H8.C2H6/c1-9-14-17-20-23-26-39-67-54(63-8)33-31-52(61)66-44-37-58-47-50(45-56(6,48-58)35-42-64-51(60)30-29-38-59(12-4)13-5)46-57(7,49-58)36-43-65-53(62)32-34-55(68-40-27-24-21-18-15-10-2)69-41-28-25-22-19-16-11-3;3*1-3-2;1-2/h50,54-55H,9-49H2,1-8H3;3*3H2,1-2H3;1-2H3. The van der Waals surface area contributed by atoms with Gasteiger partial charge in [-0.15, -0.1) is 0 Å². The first-order chi connectivity index (χ1) is 38.6. The Balaban J connectivity index is -0.00000497. The van der Waals surface area contributed by atoms with Crippen molar-refractivity contribution in [1.82, 2.24) is 4.90 Å². The van der Waals surface area contributed by atoms with Crippen LogP contribution in [0, 0.1) is 22.2 Å². The van der Waals surface area contributed by atoms with Gasteiger partial charge in [0.15, 0.2) is 12.6 Å². The molecule has 480 valence electrons. The molecular weight excluding hydrogens is 1000 g/mol. The number of hydrogen-bond donors (Lipinski definition) is 0. The average Bonchev–Trinajstić information content (AvgIpc) is 3.50. The molecule has 0 aromatic heterocycles. The van der Waals surface area contributed by atoms with Crippen molar-refractivity contribution in [3.63, 3.8) is 0 Å². The molecule has 2 bridgehead atoms. The first kappa shape index (κ1) is 82.4. The summed E-state index contributed by atoms with van der Waals surface area (Å²) >= 11 is 0. The third kappa shape index (κ3) is 47.6. The van der Waals surface area contributed by atoms with Crippen molar-refractivity contribution in [3.8, 4) is 0 Å². The number of hydrogen-bond acceptors (Lipinski definition) is 11. The third-order valence-corrected chi connectivity index (χ3v) is 15.3. The molecule has 0 spiro atoms. The van der Waals surface area contributed by atoms with Crippen LogP contribution in [0.4, 0.5) is 0 Å². The van der Waals surface area contributed by atoms with Crippen molar-refractivity contribution in [2.75, 3.05) is 66.4 Å². The van der Waals surface area contributed by atoms with Crippen LogP contribution in [0.3, 0.4) is 0 Å². The van der Waals surface area contributed by atoms with E-state index >= 15 is 0 Å². The molecule has 80 heavy (non-hydrogen) atoms. The topological polar surface area (TPSA) is 119 Å². The van der Waals surface area contributed by atoms with E-state index < -0.39 is 6.29 Å². The molecule has 2 saturated carbocycles. The molecule has 0 N–H and O–H groups in total. The maximum absolute atomic E-state index is 13.2. The predicted octanol–water partition coefficient (Wildman–Crippen LogP) is 19.8. The molecular formula is C69H139NO10. The minimum atomic E-state index is -0.413. The lowest BCUT2D eigenvalue weighted by atomic mass is 9.47.